The van der Waals surface area contributed by atoms with Gasteiger partial charge in [0.05, 0.1) is 12.2 Å². The molecule has 0 unspecified atom stereocenters. The molecule has 2 heterocycles. The number of hydrogen-bond donors (Lipinski definition) is 1. The van der Waals surface area contributed by atoms with E-state index in [1.807, 2.05) is 60.8 Å². The van der Waals surface area contributed by atoms with E-state index in [2.05, 4.69) is 15.2 Å². The minimum absolute atomic E-state index is 0.542. The van der Waals surface area contributed by atoms with Gasteiger partial charge in [-0.25, -0.2) is 0 Å². The van der Waals surface area contributed by atoms with Crippen LogP contribution in [-0.4, -0.2) is 27.5 Å². The monoisotopic (exact) mass is 351 g/mol. The van der Waals surface area contributed by atoms with E-state index in [9.17, 15) is 0 Å². The maximum Gasteiger partial charge on any atom is 0.276 e. The lowest BCUT2D eigenvalue weighted by Crippen LogP contribution is -1.98. The second-order valence-corrected chi connectivity index (χ2v) is 6.53. The molecular formula is C19H17N3O2S. The van der Waals surface area contributed by atoms with Crippen molar-refractivity contribution in [2.24, 2.45) is 0 Å². The molecule has 2 aromatic carbocycles. The summed E-state index contributed by atoms with van der Waals surface area (Å²) in [5.74, 6) is 2.30. The maximum absolute atomic E-state index is 5.78. The third-order valence-electron chi connectivity index (χ3n) is 3.75. The van der Waals surface area contributed by atoms with E-state index in [0.717, 1.165) is 34.4 Å². The first-order valence-electron chi connectivity index (χ1n) is 8.11. The molecule has 0 aliphatic carbocycles. The van der Waals surface area contributed by atoms with Gasteiger partial charge >= 0.3 is 0 Å². The highest BCUT2D eigenvalue weighted by molar-refractivity contribution is 7.99. The van der Waals surface area contributed by atoms with Gasteiger partial charge in [0, 0.05) is 22.9 Å². The standard InChI is InChI=1S/C19H17N3O2S/c1-2-7-14(8-3-1)23-11-6-12-25-19-22-21-18(24-19)16-13-20-17-10-5-4-9-15(16)17/h1-5,7-10,13,20H,6,11-12H2. The van der Waals surface area contributed by atoms with E-state index >= 15 is 0 Å². The molecule has 1 N–H and O–H groups in total. The zero-order valence-corrected chi connectivity index (χ0v) is 14.3. The van der Waals surface area contributed by atoms with Gasteiger partial charge in [-0.3, -0.25) is 0 Å². The fourth-order valence-corrected chi connectivity index (χ4v) is 3.22. The first kappa shape index (κ1) is 15.8. The van der Waals surface area contributed by atoms with Crippen LogP contribution in [0.3, 0.4) is 0 Å². The van der Waals surface area contributed by atoms with Crippen molar-refractivity contribution in [1.29, 1.82) is 0 Å². The first-order valence-corrected chi connectivity index (χ1v) is 9.09. The average molecular weight is 351 g/mol. The van der Waals surface area contributed by atoms with Crippen molar-refractivity contribution >= 4 is 22.7 Å². The Morgan fingerprint density at radius 3 is 2.76 bits per heavy atom. The second kappa shape index (κ2) is 7.44. The van der Waals surface area contributed by atoms with Crippen molar-refractivity contribution < 1.29 is 9.15 Å². The average Bonchev–Trinajstić information content (AvgIpc) is 3.29. The Labute approximate surface area is 149 Å². The van der Waals surface area contributed by atoms with Gasteiger partial charge in [0.2, 0.25) is 0 Å². The van der Waals surface area contributed by atoms with Crippen LogP contribution < -0.4 is 4.74 Å². The van der Waals surface area contributed by atoms with E-state index < -0.39 is 0 Å². The lowest BCUT2D eigenvalue weighted by atomic mass is 10.2. The summed E-state index contributed by atoms with van der Waals surface area (Å²) in [5.41, 5.74) is 1.99. The van der Waals surface area contributed by atoms with Crippen LogP contribution in [0.5, 0.6) is 5.75 Å². The van der Waals surface area contributed by atoms with Crippen LogP contribution in [0.25, 0.3) is 22.4 Å². The lowest BCUT2D eigenvalue weighted by Gasteiger charge is -2.04. The summed E-state index contributed by atoms with van der Waals surface area (Å²) in [5, 5.41) is 9.96. The minimum Gasteiger partial charge on any atom is -0.494 e. The molecule has 0 saturated heterocycles. The van der Waals surface area contributed by atoms with E-state index in [-0.39, 0.29) is 0 Å². The molecule has 126 valence electrons. The Balaban J connectivity index is 1.31. The van der Waals surface area contributed by atoms with Gasteiger partial charge in [0.15, 0.2) is 0 Å². The number of hydrogen-bond acceptors (Lipinski definition) is 5. The lowest BCUT2D eigenvalue weighted by molar-refractivity contribution is 0.318. The number of benzene rings is 2. The van der Waals surface area contributed by atoms with Crippen LogP contribution in [0, 0.1) is 0 Å². The van der Waals surface area contributed by atoms with Crippen LogP contribution in [0.2, 0.25) is 0 Å². The Morgan fingerprint density at radius 2 is 1.84 bits per heavy atom. The van der Waals surface area contributed by atoms with E-state index in [1.165, 1.54) is 0 Å². The fourth-order valence-electron chi connectivity index (χ4n) is 2.55. The molecule has 2 aromatic heterocycles. The largest absolute Gasteiger partial charge is 0.494 e. The molecule has 5 nitrogen and oxygen atoms in total. The molecule has 0 fully saturated rings. The van der Waals surface area contributed by atoms with E-state index in [0.29, 0.717) is 17.7 Å². The number of ether oxygens (including phenoxy) is 1. The summed E-state index contributed by atoms with van der Waals surface area (Å²) in [7, 11) is 0. The highest BCUT2D eigenvalue weighted by Gasteiger charge is 2.13. The predicted molar refractivity (Wildman–Crippen MR) is 98.9 cm³/mol. The number of nitrogens with zero attached hydrogens (tertiary/aromatic N) is 2. The van der Waals surface area contributed by atoms with Gasteiger partial charge in [-0.15, -0.1) is 10.2 Å². The quantitative estimate of drug-likeness (QED) is 0.383. The molecule has 6 heteroatoms. The molecule has 0 saturated carbocycles. The second-order valence-electron chi connectivity index (χ2n) is 5.48. The summed E-state index contributed by atoms with van der Waals surface area (Å²) in [6.45, 7) is 0.667. The summed E-state index contributed by atoms with van der Waals surface area (Å²) in [4.78, 5) is 3.22. The van der Waals surface area contributed by atoms with Gasteiger partial charge in [0.1, 0.15) is 5.75 Å². The maximum atomic E-state index is 5.78. The Morgan fingerprint density at radius 1 is 1.00 bits per heavy atom. The molecule has 0 spiro atoms. The van der Waals surface area contributed by atoms with Crippen LogP contribution in [-0.2, 0) is 0 Å². The number of aromatic amines is 1. The number of thioether (sulfide) groups is 1. The molecule has 0 bridgehead atoms. The Hall–Kier alpha value is -2.73. The van der Waals surface area contributed by atoms with Gasteiger partial charge in [0.25, 0.3) is 11.1 Å². The number of aromatic nitrogens is 3. The zero-order chi connectivity index (χ0) is 16.9. The summed E-state index contributed by atoms with van der Waals surface area (Å²) in [6.07, 6.45) is 2.81. The van der Waals surface area contributed by atoms with E-state index in [1.54, 1.807) is 11.8 Å². The number of H-pyrrole nitrogens is 1. The fraction of sp³-hybridized carbons (Fsp3) is 0.158. The Bertz CT molecular complexity index is 949. The normalized spacial score (nSPS) is 11.0. The third-order valence-corrected chi connectivity index (χ3v) is 4.66. The van der Waals surface area contributed by atoms with Crippen molar-refractivity contribution in [3.63, 3.8) is 0 Å². The summed E-state index contributed by atoms with van der Waals surface area (Å²) in [6, 6.07) is 17.9. The summed E-state index contributed by atoms with van der Waals surface area (Å²) < 4.78 is 11.5. The zero-order valence-electron chi connectivity index (χ0n) is 13.5. The van der Waals surface area contributed by atoms with Crippen LogP contribution >= 0.6 is 11.8 Å². The van der Waals surface area contributed by atoms with Crippen molar-refractivity contribution in [1.82, 2.24) is 15.2 Å². The topological polar surface area (TPSA) is 63.9 Å². The molecule has 0 radical (unpaired) electrons. The van der Waals surface area contributed by atoms with E-state index in [4.69, 9.17) is 9.15 Å². The SMILES string of the molecule is c1ccc(OCCCSc2nnc(-c3c[nH]c4ccccc34)o2)cc1. The summed E-state index contributed by atoms with van der Waals surface area (Å²) >= 11 is 1.55. The molecule has 0 amide bonds. The number of rotatable bonds is 7. The molecule has 0 aliphatic heterocycles. The highest BCUT2D eigenvalue weighted by atomic mass is 32.2. The molecular weight excluding hydrogens is 334 g/mol. The van der Waals surface area contributed by atoms with Crippen LogP contribution in [0.4, 0.5) is 0 Å². The highest BCUT2D eigenvalue weighted by Crippen LogP contribution is 2.29. The molecule has 25 heavy (non-hydrogen) atoms. The van der Waals surface area contributed by atoms with Gasteiger partial charge in [-0.1, -0.05) is 48.2 Å². The molecule has 0 atom stereocenters. The number of nitrogens with one attached hydrogen (secondary N) is 1. The third kappa shape index (κ3) is 3.69. The smallest absolute Gasteiger partial charge is 0.276 e. The van der Waals surface area contributed by atoms with Crippen molar-refractivity contribution in [3.05, 3.63) is 60.8 Å². The minimum atomic E-state index is 0.542. The van der Waals surface area contributed by atoms with Crippen LogP contribution in [0.1, 0.15) is 6.42 Å². The first-order chi connectivity index (χ1) is 12.4. The number of para-hydroxylation sites is 2. The predicted octanol–water partition coefficient (Wildman–Crippen LogP) is 4.78. The molecule has 4 rings (SSSR count). The molecule has 4 aromatic rings. The van der Waals surface area contributed by atoms with Gasteiger partial charge in [-0.2, -0.15) is 0 Å². The van der Waals surface area contributed by atoms with Gasteiger partial charge < -0.3 is 14.1 Å². The molecule has 0 aliphatic rings. The number of fused-ring (bicyclic) bond motifs is 1. The van der Waals surface area contributed by atoms with Gasteiger partial charge in [-0.05, 0) is 24.6 Å². The van der Waals surface area contributed by atoms with Crippen molar-refractivity contribution in [2.45, 2.75) is 11.6 Å². The van der Waals surface area contributed by atoms with Crippen molar-refractivity contribution in [2.75, 3.05) is 12.4 Å². The Kier molecular flexibility index (Phi) is 4.70. The van der Waals surface area contributed by atoms with Crippen LogP contribution in [0.15, 0.2) is 70.4 Å². The van der Waals surface area contributed by atoms with Crippen molar-refractivity contribution in [3.8, 4) is 17.2 Å².